The van der Waals surface area contributed by atoms with Gasteiger partial charge in [0.25, 0.3) is 0 Å². The van der Waals surface area contributed by atoms with Gasteiger partial charge in [-0.05, 0) is 24.0 Å². The molecule has 0 radical (unpaired) electrons. The third kappa shape index (κ3) is 4.04. The van der Waals surface area contributed by atoms with Crippen molar-refractivity contribution in [3.8, 4) is 6.01 Å². The zero-order valence-corrected chi connectivity index (χ0v) is 15.3. The second-order valence-electron chi connectivity index (χ2n) is 6.37. The number of hydrogen-bond donors (Lipinski definition) is 2. The molecular formula is C19H25N5O2. The number of aryl methyl sites for hydroxylation is 1. The quantitative estimate of drug-likeness (QED) is 0.742. The number of unbranched alkanes of at least 4 members (excludes halogenated alkanes) is 1. The monoisotopic (exact) mass is 355 g/mol. The van der Waals surface area contributed by atoms with E-state index in [1.54, 1.807) is 0 Å². The minimum Gasteiger partial charge on any atom is -0.463 e. The molecule has 0 unspecified atom stereocenters. The number of nitrogens with one attached hydrogen (secondary N) is 1. The average Bonchev–Trinajstić information content (AvgIpc) is 2.63. The lowest BCUT2D eigenvalue weighted by Crippen LogP contribution is -2.39. The van der Waals surface area contributed by atoms with Crippen molar-refractivity contribution in [2.75, 3.05) is 29.1 Å². The number of benzene rings is 1. The van der Waals surface area contributed by atoms with E-state index in [9.17, 15) is 4.79 Å². The summed E-state index contributed by atoms with van der Waals surface area (Å²) in [6, 6.07) is 8.58. The lowest BCUT2D eigenvalue weighted by molar-refractivity contribution is -0.115. The Morgan fingerprint density at radius 2 is 2.08 bits per heavy atom. The number of anilines is 3. The summed E-state index contributed by atoms with van der Waals surface area (Å²) in [5.74, 6) is 0.700. The Labute approximate surface area is 153 Å². The number of carbonyl (C=O) groups excluding carboxylic acids is 1. The van der Waals surface area contributed by atoms with E-state index in [1.165, 1.54) is 5.56 Å². The van der Waals surface area contributed by atoms with Crippen molar-refractivity contribution in [3.05, 3.63) is 35.4 Å². The molecule has 0 fully saturated rings. The van der Waals surface area contributed by atoms with Crippen molar-refractivity contribution in [2.45, 2.75) is 39.7 Å². The van der Waals surface area contributed by atoms with Gasteiger partial charge in [-0.1, -0.05) is 44.5 Å². The Morgan fingerprint density at radius 3 is 2.85 bits per heavy atom. The maximum atomic E-state index is 12.1. The van der Waals surface area contributed by atoms with Gasteiger partial charge in [-0.3, -0.25) is 4.79 Å². The predicted octanol–water partition coefficient (Wildman–Crippen LogP) is 2.76. The average molecular weight is 355 g/mol. The van der Waals surface area contributed by atoms with Crippen molar-refractivity contribution >= 4 is 23.2 Å². The lowest BCUT2D eigenvalue weighted by Gasteiger charge is -2.30. The number of nitrogens with two attached hydrogens (primary N) is 1. The highest BCUT2D eigenvalue weighted by Gasteiger charge is 2.27. The number of ether oxygens (including phenoxy) is 1. The molecule has 3 rings (SSSR count). The van der Waals surface area contributed by atoms with Crippen molar-refractivity contribution in [3.63, 3.8) is 0 Å². The molecule has 2 heterocycles. The maximum Gasteiger partial charge on any atom is 0.320 e. The molecular weight excluding hydrogens is 330 g/mol. The van der Waals surface area contributed by atoms with Gasteiger partial charge in [-0.2, -0.15) is 9.97 Å². The second-order valence-corrected chi connectivity index (χ2v) is 6.37. The smallest absolute Gasteiger partial charge is 0.320 e. The number of rotatable bonds is 7. The van der Waals surface area contributed by atoms with E-state index in [0.717, 1.165) is 24.8 Å². The topological polar surface area (TPSA) is 93.4 Å². The molecule has 3 N–H and O–H groups in total. The number of aromatic nitrogens is 2. The van der Waals surface area contributed by atoms with Crippen LogP contribution < -0.4 is 20.7 Å². The highest BCUT2D eigenvalue weighted by atomic mass is 16.5. The van der Waals surface area contributed by atoms with Gasteiger partial charge in [0, 0.05) is 6.54 Å². The second kappa shape index (κ2) is 8.03. The molecule has 0 bridgehead atoms. The molecule has 0 saturated heterocycles. The number of nitrogen functional groups attached to an aromatic ring is 1. The number of nitrogens with zero attached hydrogens (tertiary/aromatic N) is 3. The van der Waals surface area contributed by atoms with Crippen LogP contribution in [0, 0.1) is 0 Å². The summed E-state index contributed by atoms with van der Waals surface area (Å²) in [4.78, 5) is 22.7. The van der Waals surface area contributed by atoms with Crippen LogP contribution in [-0.2, 0) is 17.8 Å². The molecule has 0 spiro atoms. The van der Waals surface area contributed by atoms with Crippen LogP contribution in [0.25, 0.3) is 0 Å². The van der Waals surface area contributed by atoms with Crippen LogP contribution >= 0.6 is 0 Å². The fraction of sp³-hybridized carbons (Fsp3) is 0.421. The number of carbonyl (C=O) groups is 1. The summed E-state index contributed by atoms with van der Waals surface area (Å²) < 4.78 is 5.61. The first-order chi connectivity index (χ1) is 12.6. The number of amides is 1. The fourth-order valence-corrected chi connectivity index (χ4v) is 2.89. The summed E-state index contributed by atoms with van der Waals surface area (Å²) in [6.07, 6.45) is 2.91. The molecule has 0 aliphatic carbocycles. The highest BCUT2D eigenvalue weighted by molar-refractivity contribution is 6.03. The van der Waals surface area contributed by atoms with Gasteiger partial charge in [0.1, 0.15) is 5.69 Å². The molecule has 7 heteroatoms. The first-order valence-corrected chi connectivity index (χ1v) is 9.03. The summed E-state index contributed by atoms with van der Waals surface area (Å²) in [5, 5.41) is 2.77. The Bertz CT molecular complexity index is 793. The molecule has 1 amide bonds. The molecule has 26 heavy (non-hydrogen) atoms. The van der Waals surface area contributed by atoms with Crippen molar-refractivity contribution in [2.24, 2.45) is 0 Å². The van der Waals surface area contributed by atoms with Gasteiger partial charge < -0.3 is 20.7 Å². The molecule has 1 aliphatic rings. The van der Waals surface area contributed by atoms with Crippen molar-refractivity contribution in [1.29, 1.82) is 0 Å². The Hall–Kier alpha value is -2.83. The van der Waals surface area contributed by atoms with Gasteiger partial charge in [0.2, 0.25) is 5.91 Å². The third-order valence-corrected chi connectivity index (χ3v) is 4.30. The minimum atomic E-state index is -0.126. The molecule has 1 aromatic carbocycles. The SMILES string of the molecule is CCCCOc1nc(N)c2c(n1)N(Cc1cccc(CC)c1)CC(=O)N2. The largest absolute Gasteiger partial charge is 0.463 e. The summed E-state index contributed by atoms with van der Waals surface area (Å²) >= 11 is 0. The van der Waals surface area contributed by atoms with E-state index in [0.29, 0.717) is 24.7 Å². The zero-order valence-electron chi connectivity index (χ0n) is 15.3. The first-order valence-electron chi connectivity index (χ1n) is 9.03. The van der Waals surface area contributed by atoms with Crippen molar-refractivity contribution < 1.29 is 9.53 Å². The Kier molecular flexibility index (Phi) is 5.55. The van der Waals surface area contributed by atoms with Gasteiger partial charge in [0.15, 0.2) is 11.6 Å². The minimum absolute atomic E-state index is 0.126. The van der Waals surface area contributed by atoms with E-state index in [2.05, 4.69) is 47.3 Å². The molecule has 138 valence electrons. The van der Waals surface area contributed by atoms with Crippen LogP contribution in [0.2, 0.25) is 0 Å². The number of hydrogen-bond acceptors (Lipinski definition) is 6. The third-order valence-electron chi connectivity index (χ3n) is 4.30. The molecule has 1 aliphatic heterocycles. The predicted molar refractivity (Wildman–Crippen MR) is 102 cm³/mol. The lowest BCUT2D eigenvalue weighted by atomic mass is 10.1. The zero-order chi connectivity index (χ0) is 18.5. The number of fused-ring (bicyclic) bond motifs is 1. The van der Waals surface area contributed by atoms with Crippen LogP contribution in [0.4, 0.5) is 17.3 Å². The van der Waals surface area contributed by atoms with E-state index in [-0.39, 0.29) is 24.3 Å². The fourth-order valence-electron chi connectivity index (χ4n) is 2.89. The summed E-state index contributed by atoms with van der Waals surface area (Å²) in [6.45, 7) is 5.54. The normalized spacial score (nSPS) is 13.3. The summed E-state index contributed by atoms with van der Waals surface area (Å²) in [7, 11) is 0. The molecule has 0 saturated carbocycles. The van der Waals surface area contributed by atoms with Crippen LogP contribution in [0.3, 0.4) is 0 Å². The van der Waals surface area contributed by atoms with Gasteiger partial charge in [0.05, 0.1) is 13.2 Å². The van der Waals surface area contributed by atoms with Gasteiger partial charge in [-0.25, -0.2) is 0 Å². The molecule has 7 nitrogen and oxygen atoms in total. The van der Waals surface area contributed by atoms with E-state index in [4.69, 9.17) is 10.5 Å². The summed E-state index contributed by atoms with van der Waals surface area (Å²) in [5.41, 5.74) is 8.87. The van der Waals surface area contributed by atoms with E-state index in [1.807, 2.05) is 11.0 Å². The van der Waals surface area contributed by atoms with Crippen LogP contribution in [-0.4, -0.2) is 29.0 Å². The van der Waals surface area contributed by atoms with E-state index >= 15 is 0 Å². The first kappa shape index (κ1) is 18.0. The Morgan fingerprint density at radius 1 is 1.27 bits per heavy atom. The molecule has 2 aromatic rings. The molecule has 1 aromatic heterocycles. The van der Waals surface area contributed by atoms with Crippen LogP contribution in [0.5, 0.6) is 6.01 Å². The highest BCUT2D eigenvalue weighted by Crippen LogP contribution is 2.34. The van der Waals surface area contributed by atoms with Crippen LogP contribution in [0.1, 0.15) is 37.8 Å². The van der Waals surface area contributed by atoms with Gasteiger partial charge in [-0.15, -0.1) is 0 Å². The van der Waals surface area contributed by atoms with Gasteiger partial charge >= 0.3 is 6.01 Å². The Balaban J connectivity index is 1.89. The maximum absolute atomic E-state index is 12.1. The van der Waals surface area contributed by atoms with Crippen LogP contribution in [0.15, 0.2) is 24.3 Å². The molecule has 0 atom stereocenters. The van der Waals surface area contributed by atoms with Crippen molar-refractivity contribution in [1.82, 2.24) is 9.97 Å². The standard InChI is InChI=1S/C19H25N5O2/c1-3-5-9-26-19-22-17(20)16-18(23-19)24(12-15(25)21-16)11-14-8-6-7-13(4-2)10-14/h6-8,10H,3-5,9,11-12H2,1-2H3,(H,21,25)(H2,20,22,23). The van der Waals surface area contributed by atoms with E-state index < -0.39 is 0 Å².